The summed E-state index contributed by atoms with van der Waals surface area (Å²) in [5.41, 5.74) is 1.10. The van der Waals surface area contributed by atoms with Crippen molar-refractivity contribution >= 4 is 35.3 Å². The molecule has 0 aliphatic carbocycles. The first-order valence-electron chi connectivity index (χ1n) is 11.8. The number of nitro groups is 2. The molecule has 2 aliphatic rings. The Kier molecular flexibility index (Phi) is 8.63. The summed E-state index contributed by atoms with van der Waals surface area (Å²) in [7, 11) is 0. The third-order valence-electron chi connectivity index (χ3n) is 6.36. The molecular formula is C24H26N4O9S. The van der Waals surface area contributed by atoms with Gasteiger partial charge >= 0.3 is 12.2 Å². The molecule has 1 N–H and O–H groups in total. The number of benzene rings is 2. The van der Waals surface area contributed by atoms with E-state index in [1.54, 1.807) is 16.7 Å². The minimum atomic E-state index is -0.725. The normalized spacial score (nSPS) is 21.1. The van der Waals surface area contributed by atoms with Gasteiger partial charge in [0.05, 0.1) is 28.5 Å². The van der Waals surface area contributed by atoms with Crippen LogP contribution in [-0.2, 0) is 22.7 Å². The summed E-state index contributed by atoms with van der Waals surface area (Å²) in [5, 5.41) is 31.7. The monoisotopic (exact) mass is 546 g/mol. The molecule has 2 saturated heterocycles. The molecule has 2 heterocycles. The molecule has 4 rings (SSSR count). The summed E-state index contributed by atoms with van der Waals surface area (Å²) in [6.45, 7) is 0.766. The van der Waals surface area contributed by atoms with Crippen LogP contribution in [0.2, 0.25) is 0 Å². The van der Waals surface area contributed by atoms with Crippen molar-refractivity contribution in [1.29, 1.82) is 0 Å². The van der Waals surface area contributed by atoms with E-state index < -0.39 is 28.1 Å². The van der Waals surface area contributed by atoms with Crippen LogP contribution >= 0.6 is 11.8 Å². The highest BCUT2D eigenvalue weighted by Crippen LogP contribution is 2.32. The number of carbonyl (C=O) groups is 2. The van der Waals surface area contributed by atoms with Gasteiger partial charge in [-0.15, -0.1) is 0 Å². The topological polar surface area (TPSA) is 166 Å². The molecule has 0 bridgehead atoms. The highest BCUT2D eigenvalue weighted by molar-refractivity contribution is 8.00. The number of aliphatic hydroxyl groups is 1. The Hall–Kier alpha value is -3.91. The molecule has 0 saturated carbocycles. The van der Waals surface area contributed by atoms with Gasteiger partial charge in [0.1, 0.15) is 13.2 Å². The number of aliphatic hydroxyl groups excluding tert-OH is 1. The molecule has 0 aromatic heterocycles. The summed E-state index contributed by atoms with van der Waals surface area (Å²) in [5.74, 6) is 0.621. The van der Waals surface area contributed by atoms with Crippen molar-refractivity contribution in [2.45, 2.75) is 37.0 Å². The maximum Gasteiger partial charge on any atom is 0.410 e. The van der Waals surface area contributed by atoms with E-state index in [1.807, 2.05) is 0 Å². The van der Waals surface area contributed by atoms with Gasteiger partial charge in [-0.1, -0.05) is 0 Å². The fourth-order valence-electron chi connectivity index (χ4n) is 4.37. The van der Waals surface area contributed by atoms with E-state index in [0.717, 1.165) is 0 Å². The lowest BCUT2D eigenvalue weighted by molar-refractivity contribution is -0.385. The maximum absolute atomic E-state index is 12.9. The molecule has 0 spiro atoms. The number of likely N-dealkylation sites (tertiary alicyclic amines) is 1. The Morgan fingerprint density at radius 2 is 1.42 bits per heavy atom. The van der Waals surface area contributed by atoms with Crippen LogP contribution in [0.4, 0.5) is 21.0 Å². The second-order valence-electron chi connectivity index (χ2n) is 8.92. The minimum Gasteiger partial charge on any atom is -0.445 e. The zero-order chi connectivity index (χ0) is 27.2. The van der Waals surface area contributed by atoms with Crippen molar-refractivity contribution in [3.05, 3.63) is 79.9 Å². The molecule has 14 heteroatoms. The highest BCUT2D eigenvalue weighted by Gasteiger charge is 2.42. The van der Waals surface area contributed by atoms with Gasteiger partial charge in [-0.2, -0.15) is 11.8 Å². The Morgan fingerprint density at radius 3 is 1.95 bits per heavy atom. The van der Waals surface area contributed by atoms with Gasteiger partial charge in [0.15, 0.2) is 0 Å². The van der Waals surface area contributed by atoms with Crippen molar-refractivity contribution in [3.8, 4) is 0 Å². The number of β-amino-alcohol motifs (C(OH)–C–C–N with tert-alkyl or cyclic N) is 1. The number of nitrogens with zero attached hydrogens (tertiary/aromatic N) is 4. The predicted octanol–water partition coefficient (Wildman–Crippen LogP) is 3.33. The van der Waals surface area contributed by atoms with Gasteiger partial charge in [0, 0.05) is 48.4 Å². The minimum absolute atomic E-state index is 0.0334. The first-order chi connectivity index (χ1) is 18.2. The van der Waals surface area contributed by atoms with E-state index in [2.05, 4.69) is 0 Å². The zero-order valence-corrected chi connectivity index (χ0v) is 21.0. The van der Waals surface area contributed by atoms with E-state index in [1.165, 1.54) is 53.4 Å². The Morgan fingerprint density at radius 1 is 0.895 bits per heavy atom. The Labute approximate surface area is 221 Å². The van der Waals surface area contributed by atoms with E-state index >= 15 is 0 Å². The molecule has 2 fully saturated rings. The summed E-state index contributed by atoms with van der Waals surface area (Å²) in [6, 6.07) is 11.1. The van der Waals surface area contributed by atoms with Crippen molar-refractivity contribution in [2.24, 2.45) is 0 Å². The number of amides is 2. The average Bonchev–Trinajstić information content (AvgIpc) is 3.32. The third kappa shape index (κ3) is 6.69. The predicted molar refractivity (Wildman–Crippen MR) is 135 cm³/mol. The maximum atomic E-state index is 12.9. The quantitative estimate of drug-likeness (QED) is 0.402. The van der Waals surface area contributed by atoms with Gasteiger partial charge in [-0.25, -0.2) is 9.59 Å². The molecule has 13 nitrogen and oxygen atoms in total. The molecule has 38 heavy (non-hydrogen) atoms. The highest BCUT2D eigenvalue weighted by atomic mass is 32.2. The van der Waals surface area contributed by atoms with Crippen LogP contribution in [0, 0.1) is 20.2 Å². The van der Waals surface area contributed by atoms with E-state index in [-0.39, 0.29) is 42.4 Å². The molecule has 202 valence electrons. The third-order valence-corrected chi connectivity index (χ3v) is 7.67. The fourth-order valence-corrected chi connectivity index (χ4v) is 5.77. The van der Waals surface area contributed by atoms with Crippen molar-refractivity contribution in [3.63, 3.8) is 0 Å². The first kappa shape index (κ1) is 27.1. The lowest BCUT2D eigenvalue weighted by atomic mass is 10.1. The van der Waals surface area contributed by atoms with Crippen LogP contribution < -0.4 is 0 Å². The zero-order valence-electron chi connectivity index (χ0n) is 20.2. The number of rotatable bonds is 7. The number of ether oxygens (including phenoxy) is 2. The summed E-state index contributed by atoms with van der Waals surface area (Å²) < 4.78 is 10.8. The number of nitro benzene ring substituents is 2. The molecule has 2 aliphatic heterocycles. The molecule has 2 aromatic rings. The number of hydrogen-bond donors (Lipinski definition) is 1. The summed E-state index contributed by atoms with van der Waals surface area (Å²) >= 11 is 1.60. The first-order valence-corrected chi connectivity index (χ1v) is 12.9. The molecule has 2 amide bonds. The molecule has 1 unspecified atom stereocenters. The van der Waals surface area contributed by atoms with Crippen LogP contribution in [0.15, 0.2) is 48.5 Å². The van der Waals surface area contributed by atoms with Crippen molar-refractivity contribution < 1.29 is 34.0 Å². The number of thioether (sulfide) groups is 1. The number of hydrogen-bond acceptors (Lipinski definition) is 10. The summed E-state index contributed by atoms with van der Waals surface area (Å²) in [6.07, 6.45) is -1.52. The van der Waals surface area contributed by atoms with Gasteiger partial charge in [0.25, 0.3) is 11.4 Å². The van der Waals surface area contributed by atoms with E-state index in [4.69, 9.17) is 9.47 Å². The van der Waals surface area contributed by atoms with Crippen LogP contribution in [-0.4, -0.2) is 79.7 Å². The number of non-ortho nitro benzene ring substituents is 2. The molecular weight excluding hydrogens is 520 g/mol. The average molecular weight is 547 g/mol. The van der Waals surface area contributed by atoms with Crippen LogP contribution in [0.1, 0.15) is 17.5 Å². The second-order valence-corrected chi connectivity index (χ2v) is 10.3. The van der Waals surface area contributed by atoms with Crippen LogP contribution in [0.25, 0.3) is 0 Å². The fraction of sp³-hybridized carbons (Fsp3) is 0.417. The van der Waals surface area contributed by atoms with E-state index in [9.17, 15) is 34.9 Å². The molecule has 3 atom stereocenters. The molecule has 0 radical (unpaired) electrons. The van der Waals surface area contributed by atoms with Crippen molar-refractivity contribution in [2.75, 3.05) is 25.4 Å². The Bertz CT molecular complexity index is 1180. The van der Waals surface area contributed by atoms with Gasteiger partial charge in [-0.3, -0.25) is 20.2 Å². The van der Waals surface area contributed by atoms with Gasteiger partial charge < -0.3 is 24.4 Å². The van der Waals surface area contributed by atoms with Crippen molar-refractivity contribution in [1.82, 2.24) is 9.80 Å². The SMILES string of the molecule is O=C(OCc1ccc([N+](=O)[O-])cc1)N1CCSC([C@@H]2C[C@@H](O)CN2C(=O)OCc2ccc([N+](=O)[O-])cc2)C1. The lowest BCUT2D eigenvalue weighted by Crippen LogP contribution is -2.50. The van der Waals surface area contributed by atoms with Crippen LogP contribution in [0.5, 0.6) is 0 Å². The Balaban J connectivity index is 1.31. The molecule has 2 aromatic carbocycles. The standard InChI is InChI=1S/C24H26N4O9S/c29-20-11-21(26(12-20)24(31)37-15-17-3-7-19(8-4-17)28(34)35)22-13-25(9-10-38-22)23(30)36-14-16-1-5-18(6-2-16)27(32)33/h1-8,20-22,29H,9-15H2/t20-,21+,22?/m1/s1. The smallest absolute Gasteiger partial charge is 0.410 e. The van der Waals surface area contributed by atoms with E-state index in [0.29, 0.717) is 36.4 Å². The number of carbonyl (C=O) groups excluding carboxylic acids is 2. The largest absolute Gasteiger partial charge is 0.445 e. The van der Waals surface area contributed by atoms with Gasteiger partial charge in [-0.05, 0) is 41.8 Å². The lowest BCUT2D eigenvalue weighted by Gasteiger charge is -2.37. The second kappa shape index (κ2) is 12.1. The van der Waals surface area contributed by atoms with Crippen LogP contribution in [0.3, 0.4) is 0 Å². The summed E-state index contributed by atoms with van der Waals surface area (Å²) in [4.78, 5) is 49.2. The van der Waals surface area contributed by atoms with Gasteiger partial charge in [0.2, 0.25) is 0 Å².